The molecule has 0 aromatic heterocycles. The highest BCUT2D eigenvalue weighted by Gasteiger charge is 2.39. The highest BCUT2D eigenvalue weighted by atomic mass is 16.4. The Morgan fingerprint density at radius 1 is 0.846 bits per heavy atom. The van der Waals surface area contributed by atoms with Crippen molar-refractivity contribution in [3.63, 3.8) is 0 Å². The summed E-state index contributed by atoms with van der Waals surface area (Å²) in [6.45, 7) is 2.52. The molecule has 0 radical (unpaired) electrons. The van der Waals surface area contributed by atoms with Crippen LogP contribution in [0.5, 0.6) is 0 Å². The molecule has 2 aromatic carbocycles. The maximum absolute atomic E-state index is 6.80. The zero-order valence-corrected chi connectivity index (χ0v) is 15.9. The lowest BCUT2D eigenvalue weighted by atomic mass is 9.46. The molecule has 2 fully saturated rings. The number of benzene rings is 2. The van der Waals surface area contributed by atoms with E-state index in [0.29, 0.717) is 11.9 Å². The summed E-state index contributed by atoms with van der Waals surface area (Å²) in [4.78, 5) is 0. The Balaban J connectivity index is 1.87. The average Bonchev–Trinajstić information content (AvgIpc) is 3.00. The maximum Gasteiger partial charge on any atom is 0.331 e. The Kier molecular flexibility index (Phi) is 5.60. The van der Waals surface area contributed by atoms with Gasteiger partial charge in [-0.05, 0) is 47.3 Å². The van der Waals surface area contributed by atoms with Crippen LogP contribution in [-0.2, 0) is 4.65 Å². The van der Waals surface area contributed by atoms with Gasteiger partial charge < -0.3 is 4.65 Å². The van der Waals surface area contributed by atoms with E-state index in [9.17, 15) is 0 Å². The molecule has 2 saturated heterocycles. The van der Waals surface area contributed by atoms with Crippen molar-refractivity contribution in [1.29, 1.82) is 0 Å². The van der Waals surface area contributed by atoms with E-state index < -0.39 is 0 Å². The molecule has 2 aliphatic heterocycles. The molecule has 0 atom stereocenters. The van der Waals surface area contributed by atoms with Gasteiger partial charge in [0, 0.05) is 6.10 Å². The smallest absolute Gasteiger partial charge is 0.331 e. The standard InChI is InChI=1S/C24H29BO/c1-2-23(19-11-5-3-6-12-19)24(20-13-7-4-8-14-20)25-21-15-9-17-22(26-25)18-10-16-21/h3-8,11-14,21-22H,2,9-10,15-18H2,1H3/b24-23+. The number of allylic oxidation sites excluding steroid dienone is 1. The largest absolute Gasteiger partial charge is 0.428 e. The zero-order chi connectivity index (χ0) is 17.8. The topological polar surface area (TPSA) is 9.23 Å². The first-order valence-electron chi connectivity index (χ1n) is 10.4. The Labute approximate surface area is 158 Å². The lowest BCUT2D eigenvalue weighted by Crippen LogP contribution is -2.28. The minimum Gasteiger partial charge on any atom is -0.428 e. The van der Waals surface area contributed by atoms with Gasteiger partial charge in [0.05, 0.1) is 0 Å². The summed E-state index contributed by atoms with van der Waals surface area (Å²) in [5.41, 5.74) is 5.58. The fourth-order valence-electron chi connectivity index (χ4n) is 4.88. The van der Waals surface area contributed by atoms with Crippen LogP contribution in [0.4, 0.5) is 0 Å². The summed E-state index contributed by atoms with van der Waals surface area (Å²) in [7, 11) is 0. The van der Waals surface area contributed by atoms with Crippen molar-refractivity contribution in [1.82, 2.24) is 0 Å². The van der Waals surface area contributed by atoms with E-state index in [4.69, 9.17) is 4.65 Å². The predicted octanol–water partition coefficient (Wildman–Crippen LogP) is 6.66. The molecule has 2 heterocycles. The second-order valence-corrected chi connectivity index (χ2v) is 7.78. The first-order valence-corrected chi connectivity index (χ1v) is 10.4. The molecule has 0 unspecified atom stereocenters. The van der Waals surface area contributed by atoms with Crippen LogP contribution in [0.15, 0.2) is 60.7 Å². The maximum atomic E-state index is 6.80. The van der Waals surface area contributed by atoms with Gasteiger partial charge in [0.1, 0.15) is 0 Å². The Morgan fingerprint density at radius 2 is 1.42 bits per heavy atom. The van der Waals surface area contributed by atoms with Crippen molar-refractivity contribution in [2.75, 3.05) is 0 Å². The summed E-state index contributed by atoms with van der Waals surface area (Å²) >= 11 is 0. The molecule has 0 saturated carbocycles. The molecule has 0 amide bonds. The molecule has 26 heavy (non-hydrogen) atoms. The summed E-state index contributed by atoms with van der Waals surface area (Å²) in [6, 6.07) is 21.9. The fourth-order valence-corrected chi connectivity index (χ4v) is 4.88. The molecule has 0 aliphatic carbocycles. The average molecular weight is 344 g/mol. The van der Waals surface area contributed by atoms with Crippen molar-refractivity contribution < 1.29 is 4.65 Å². The molecule has 2 aliphatic rings. The molecule has 0 spiro atoms. The summed E-state index contributed by atoms with van der Waals surface area (Å²) in [5.74, 6) is 0.656. The van der Waals surface area contributed by atoms with E-state index in [1.54, 1.807) is 0 Å². The Morgan fingerprint density at radius 3 is 2.00 bits per heavy atom. The van der Waals surface area contributed by atoms with Gasteiger partial charge in [0.2, 0.25) is 0 Å². The second-order valence-electron chi connectivity index (χ2n) is 7.78. The van der Waals surface area contributed by atoms with E-state index in [0.717, 1.165) is 6.42 Å². The highest BCUT2D eigenvalue weighted by Crippen LogP contribution is 2.43. The van der Waals surface area contributed by atoms with Crippen molar-refractivity contribution in [3.8, 4) is 0 Å². The van der Waals surface area contributed by atoms with Crippen LogP contribution in [0.3, 0.4) is 0 Å². The summed E-state index contributed by atoms with van der Waals surface area (Å²) < 4.78 is 6.80. The van der Waals surface area contributed by atoms with Gasteiger partial charge in [-0.2, -0.15) is 0 Å². The fraction of sp³-hybridized carbons (Fsp3) is 0.417. The van der Waals surface area contributed by atoms with Crippen LogP contribution in [0.25, 0.3) is 11.0 Å². The van der Waals surface area contributed by atoms with Crippen LogP contribution >= 0.6 is 0 Å². The predicted molar refractivity (Wildman–Crippen MR) is 112 cm³/mol. The third kappa shape index (κ3) is 3.66. The molecule has 2 aromatic rings. The van der Waals surface area contributed by atoms with Crippen molar-refractivity contribution >= 4 is 18.0 Å². The van der Waals surface area contributed by atoms with Gasteiger partial charge in [-0.25, -0.2) is 0 Å². The molecular formula is C24H29BO. The van der Waals surface area contributed by atoms with Gasteiger partial charge in [-0.15, -0.1) is 0 Å². The van der Waals surface area contributed by atoms with Crippen LogP contribution < -0.4 is 0 Å². The summed E-state index contributed by atoms with van der Waals surface area (Å²) in [5, 5.41) is 0. The Bertz CT molecular complexity index is 727. The van der Waals surface area contributed by atoms with Crippen LogP contribution in [0.1, 0.15) is 63.0 Å². The van der Waals surface area contributed by atoms with Crippen LogP contribution in [-0.4, -0.2) is 13.0 Å². The minimum atomic E-state index is 0.238. The van der Waals surface area contributed by atoms with Crippen molar-refractivity contribution in [2.24, 2.45) is 0 Å². The van der Waals surface area contributed by atoms with E-state index in [1.165, 1.54) is 60.7 Å². The SMILES string of the molecule is CC/C(=C(\B1OC2CCCC1CCC2)c1ccccc1)c1ccccc1. The van der Waals surface area contributed by atoms with Gasteiger partial charge in [-0.1, -0.05) is 93.3 Å². The normalized spacial score (nSPS) is 24.0. The van der Waals surface area contributed by atoms with Gasteiger partial charge >= 0.3 is 6.92 Å². The lowest BCUT2D eigenvalue weighted by molar-refractivity contribution is 0.191. The van der Waals surface area contributed by atoms with E-state index >= 15 is 0 Å². The molecule has 134 valence electrons. The highest BCUT2D eigenvalue weighted by molar-refractivity contribution is 6.77. The van der Waals surface area contributed by atoms with E-state index in [-0.39, 0.29) is 6.92 Å². The number of rotatable bonds is 4. The van der Waals surface area contributed by atoms with Crippen molar-refractivity contribution in [2.45, 2.75) is 63.8 Å². The minimum absolute atomic E-state index is 0.238. The van der Waals surface area contributed by atoms with Crippen LogP contribution in [0.2, 0.25) is 5.82 Å². The third-order valence-electron chi connectivity index (χ3n) is 6.14. The second kappa shape index (κ2) is 8.27. The van der Waals surface area contributed by atoms with E-state index in [1.807, 2.05) is 0 Å². The molecule has 2 bridgehead atoms. The Hall–Kier alpha value is -1.80. The number of fused-ring (bicyclic) bond motifs is 3. The molecule has 4 rings (SSSR count). The molecule has 0 N–H and O–H groups in total. The number of hydrogen-bond acceptors (Lipinski definition) is 1. The molecule has 2 heteroatoms. The summed E-state index contributed by atoms with van der Waals surface area (Å²) in [6.07, 6.45) is 9.21. The quantitative estimate of drug-likeness (QED) is 0.445. The first kappa shape index (κ1) is 17.6. The molecule has 1 nitrogen and oxygen atoms in total. The third-order valence-corrected chi connectivity index (χ3v) is 6.14. The lowest BCUT2D eigenvalue weighted by Gasteiger charge is -2.26. The van der Waals surface area contributed by atoms with Crippen molar-refractivity contribution in [3.05, 3.63) is 71.8 Å². The molecular weight excluding hydrogens is 315 g/mol. The first-order chi connectivity index (χ1) is 12.9. The monoisotopic (exact) mass is 344 g/mol. The number of hydrogen-bond donors (Lipinski definition) is 0. The van der Waals surface area contributed by atoms with Gasteiger partial charge in [0.25, 0.3) is 0 Å². The van der Waals surface area contributed by atoms with E-state index in [2.05, 4.69) is 67.6 Å². The van der Waals surface area contributed by atoms with Gasteiger partial charge in [-0.3, -0.25) is 0 Å². The van der Waals surface area contributed by atoms with Gasteiger partial charge in [0.15, 0.2) is 0 Å². The van der Waals surface area contributed by atoms with Crippen LogP contribution in [0, 0.1) is 0 Å². The zero-order valence-electron chi connectivity index (χ0n) is 15.9.